The summed E-state index contributed by atoms with van der Waals surface area (Å²) in [5, 5.41) is 12.1. The number of benzene rings is 1. The number of carboxylic acids is 1. The summed E-state index contributed by atoms with van der Waals surface area (Å²) in [6, 6.07) is 4.83. The maximum Gasteiger partial charge on any atom is 0.303 e. The van der Waals surface area contributed by atoms with Gasteiger partial charge in [-0.25, -0.2) is 0 Å². The van der Waals surface area contributed by atoms with Crippen LogP contribution in [0.5, 0.6) is 5.75 Å². The van der Waals surface area contributed by atoms with Gasteiger partial charge in [0.05, 0.1) is 10.0 Å². The highest BCUT2D eigenvalue weighted by atomic mass is 35.5. The van der Waals surface area contributed by atoms with Crippen molar-refractivity contribution in [2.45, 2.75) is 45.1 Å². The predicted molar refractivity (Wildman–Crippen MR) is 90.3 cm³/mol. The Kier molecular flexibility index (Phi) is 8.81. The van der Waals surface area contributed by atoms with Crippen LogP contribution < -0.4 is 10.1 Å². The first-order valence-corrected chi connectivity index (χ1v) is 8.27. The van der Waals surface area contributed by atoms with E-state index < -0.39 is 12.1 Å². The summed E-state index contributed by atoms with van der Waals surface area (Å²) in [6.45, 7) is 2.20. The lowest BCUT2D eigenvalue weighted by Gasteiger charge is -2.15. The SMILES string of the molecule is CC(Oc1ccc(Cl)c(Cl)c1)C(=O)NCCCCCCC(=O)O. The summed E-state index contributed by atoms with van der Waals surface area (Å²) < 4.78 is 5.51. The Bertz CT molecular complexity index is 537. The van der Waals surface area contributed by atoms with E-state index in [1.54, 1.807) is 25.1 Å². The third-order valence-electron chi connectivity index (χ3n) is 3.19. The molecule has 0 radical (unpaired) electrons. The van der Waals surface area contributed by atoms with Crippen molar-refractivity contribution < 1.29 is 19.4 Å². The highest BCUT2D eigenvalue weighted by Gasteiger charge is 2.14. The fourth-order valence-electron chi connectivity index (χ4n) is 1.92. The van der Waals surface area contributed by atoms with E-state index in [0.717, 1.165) is 19.3 Å². The van der Waals surface area contributed by atoms with Crippen molar-refractivity contribution in [3.8, 4) is 5.75 Å². The number of carbonyl (C=O) groups excluding carboxylic acids is 1. The van der Waals surface area contributed by atoms with E-state index in [1.165, 1.54) is 0 Å². The molecule has 0 bridgehead atoms. The van der Waals surface area contributed by atoms with Crippen LogP contribution >= 0.6 is 23.2 Å². The molecule has 0 heterocycles. The minimum absolute atomic E-state index is 0.195. The summed E-state index contributed by atoms with van der Waals surface area (Å²) in [5.41, 5.74) is 0. The molecule has 1 atom stereocenters. The Hall–Kier alpha value is -1.46. The number of ether oxygens (including phenoxy) is 1. The zero-order valence-electron chi connectivity index (χ0n) is 13.0. The Morgan fingerprint density at radius 1 is 1.17 bits per heavy atom. The van der Waals surface area contributed by atoms with Gasteiger partial charge in [0.25, 0.3) is 5.91 Å². The van der Waals surface area contributed by atoms with Gasteiger partial charge in [-0.05, 0) is 31.9 Å². The van der Waals surface area contributed by atoms with Crippen molar-refractivity contribution in [2.24, 2.45) is 0 Å². The first-order chi connectivity index (χ1) is 10.9. The topological polar surface area (TPSA) is 75.6 Å². The molecule has 1 rings (SSSR count). The number of halogens is 2. The molecule has 1 unspecified atom stereocenters. The number of amides is 1. The van der Waals surface area contributed by atoms with E-state index in [1.807, 2.05) is 0 Å². The van der Waals surface area contributed by atoms with Crippen molar-refractivity contribution in [1.82, 2.24) is 5.32 Å². The van der Waals surface area contributed by atoms with E-state index in [-0.39, 0.29) is 12.3 Å². The summed E-state index contributed by atoms with van der Waals surface area (Å²) in [7, 11) is 0. The highest BCUT2D eigenvalue weighted by molar-refractivity contribution is 6.42. The van der Waals surface area contributed by atoms with Crippen LogP contribution in [-0.4, -0.2) is 29.6 Å². The predicted octanol–water partition coefficient (Wildman–Crippen LogP) is 3.91. The van der Waals surface area contributed by atoms with E-state index in [2.05, 4.69) is 5.32 Å². The van der Waals surface area contributed by atoms with Gasteiger partial charge in [-0.1, -0.05) is 36.0 Å². The Labute approximate surface area is 145 Å². The third-order valence-corrected chi connectivity index (χ3v) is 3.93. The van der Waals surface area contributed by atoms with Crippen LogP contribution in [0, 0.1) is 0 Å². The Morgan fingerprint density at radius 2 is 1.87 bits per heavy atom. The molecule has 0 aliphatic heterocycles. The smallest absolute Gasteiger partial charge is 0.303 e. The molecule has 0 saturated heterocycles. The zero-order valence-corrected chi connectivity index (χ0v) is 14.5. The van der Waals surface area contributed by atoms with Crippen LogP contribution in [0.2, 0.25) is 10.0 Å². The molecule has 1 aromatic rings. The average molecular weight is 362 g/mol. The lowest BCUT2D eigenvalue weighted by molar-refractivity contribution is -0.137. The van der Waals surface area contributed by atoms with Crippen molar-refractivity contribution >= 4 is 35.1 Å². The van der Waals surface area contributed by atoms with Gasteiger partial charge in [-0.15, -0.1) is 0 Å². The number of hydrogen-bond acceptors (Lipinski definition) is 3. The molecule has 0 aromatic heterocycles. The van der Waals surface area contributed by atoms with Gasteiger partial charge >= 0.3 is 5.97 Å². The average Bonchev–Trinajstić information content (AvgIpc) is 2.49. The molecule has 128 valence electrons. The van der Waals surface area contributed by atoms with Crippen molar-refractivity contribution in [3.05, 3.63) is 28.2 Å². The van der Waals surface area contributed by atoms with Crippen LogP contribution in [-0.2, 0) is 9.59 Å². The number of aliphatic carboxylic acids is 1. The fraction of sp³-hybridized carbons (Fsp3) is 0.500. The fourth-order valence-corrected chi connectivity index (χ4v) is 2.21. The van der Waals surface area contributed by atoms with Crippen LogP contribution in [0.1, 0.15) is 39.0 Å². The number of hydrogen-bond donors (Lipinski definition) is 2. The molecule has 1 aromatic carbocycles. The van der Waals surface area contributed by atoms with Gasteiger partial charge in [0.15, 0.2) is 6.10 Å². The monoisotopic (exact) mass is 361 g/mol. The second-order valence-electron chi connectivity index (χ2n) is 5.18. The lowest BCUT2D eigenvalue weighted by atomic mass is 10.1. The van der Waals surface area contributed by atoms with Gasteiger partial charge in [-0.3, -0.25) is 9.59 Å². The van der Waals surface area contributed by atoms with Crippen LogP contribution in [0.4, 0.5) is 0 Å². The molecule has 0 aliphatic carbocycles. The molecular formula is C16H21Cl2NO4. The largest absolute Gasteiger partial charge is 0.481 e. The molecule has 23 heavy (non-hydrogen) atoms. The third kappa shape index (κ3) is 8.09. The van der Waals surface area contributed by atoms with Gasteiger partial charge < -0.3 is 15.2 Å². The number of unbranched alkanes of at least 4 members (excludes halogenated alkanes) is 3. The van der Waals surface area contributed by atoms with E-state index >= 15 is 0 Å². The second-order valence-corrected chi connectivity index (χ2v) is 6.00. The number of carbonyl (C=O) groups is 2. The van der Waals surface area contributed by atoms with Gasteiger partial charge in [0.1, 0.15) is 5.75 Å². The highest BCUT2D eigenvalue weighted by Crippen LogP contribution is 2.26. The first-order valence-electron chi connectivity index (χ1n) is 7.51. The first kappa shape index (κ1) is 19.6. The lowest BCUT2D eigenvalue weighted by Crippen LogP contribution is -2.36. The Morgan fingerprint density at radius 3 is 2.52 bits per heavy atom. The van der Waals surface area contributed by atoms with E-state index in [9.17, 15) is 9.59 Å². The van der Waals surface area contributed by atoms with Crippen LogP contribution in [0.15, 0.2) is 18.2 Å². The summed E-state index contributed by atoms with van der Waals surface area (Å²) in [6.07, 6.45) is 2.76. The van der Waals surface area contributed by atoms with Crippen molar-refractivity contribution in [3.63, 3.8) is 0 Å². The maximum absolute atomic E-state index is 11.9. The van der Waals surface area contributed by atoms with Gasteiger partial charge in [-0.2, -0.15) is 0 Å². The minimum atomic E-state index is -0.772. The standard InChI is InChI=1S/C16H21Cl2NO4/c1-11(23-12-7-8-13(17)14(18)10-12)16(22)19-9-5-3-2-4-6-15(20)21/h7-8,10-11H,2-6,9H2,1H3,(H,19,22)(H,20,21). The molecule has 7 heteroatoms. The van der Waals surface area contributed by atoms with Gasteiger partial charge in [0.2, 0.25) is 0 Å². The minimum Gasteiger partial charge on any atom is -0.481 e. The number of carboxylic acid groups (broad SMARTS) is 1. The number of rotatable bonds is 10. The molecule has 0 aliphatic rings. The summed E-state index contributed by atoms with van der Waals surface area (Å²) in [4.78, 5) is 22.3. The quantitative estimate of drug-likeness (QED) is 0.619. The van der Waals surface area contributed by atoms with Crippen LogP contribution in [0.3, 0.4) is 0 Å². The Balaban J connectivity index is 2.21. The normalized spacial score (nSPS) is 11.8. The van der Waals surface area contributed by atoms with Crippen LogP contribution in [0.25, 0.3) is 0 Å². The summed E-state index contributed by atoms with van der Waals surface area (Å²) in [5.74, 6) is -0.496. The maximum atomic E-state index is 11.9. The number of nitrogens with one attached hydrogen (secondary N) is 1. The molecule has 1 amide bonds. The van der Waals surface area contributed by atoms with E-state index in [4.69, 9.17) is 33.0 Å². The van der Waals surface area contributed by atoms with E-state index in [0.29, 0.717) is 28.8 Å². The molecule has 5 nitrogen and oxygen atoms in total. The van der Waals surface area contributed by atoms with Crippen molar-refractivity contribution in [2.75, 3.05) is 6.54 Å². The second kappa shape index (κ2) is 10.3. The summed E-state index contributed by atoms with van der Waals surface area (Å²) >= 11 is 11.7. The molecule has 0 spiro atoms. The molecule has 0 saturated carbocycles. The molecule has 2 N–H and O–H groups in total. The van der Waals surface area contributed by atoms with Crippen molar-refractivity contribution in [1.29, 1.82) is 0 Å². The molecule has 0 fully saturated rings. The zero-order chi connectivity index (χ0) is 17.2. The molecular weight excluding hydrogens is 341 g/mol. The van der Waals surface area contributed by atoms with Gasteiger partial charge in [0, 0.05) is 19.0 Å².